The van der Waals surface area contributed by atoms with Crippen molar-refractivity contribution < 1.29 is 4.79 Å². The Morgan fingerprint density at radius 1 is 1.19 bits per heavy atom. The summed E-state index contributed by atoms with van der Waals surface area (Å²) in [4.78, 5) is 16.9. The minimum atomic E-state index is -0.286. The average Bonchev–Trinajstić information content (AvgIpc) is 2.64. The fourth-order valence-electron chi connectivity index (χ4n) is 2.07. The van der Waals surface area contributed by atoms with E-state index >= 15 is 0 Å². The topological polar surface area (TPSA) is 23.6 Å². The van der Waals surface area contributed by atoms with Crippen LogP contribution in [0.5, 0.6) is 0 Å². The van der Waals surface area contributed by atoms with E-state index in [9.17, 15) is 4.79 Å². The summed E-state index contributed by atoms with van der Waals surface area (Å²) < 4.78 is 0.628. The van der Waals surface area contributed by atoms with Crippen LogP contribution in [0.25, 0.3) is 6.08 Å². The lowest BCUT2D eigenvalue weighted by Crippen LogP contribution is -2.44. The van der Waals surface area contributed by atoms with E-state index in [4.69, 9.17) is 12.2 Å². The summed E-state index contributed by atoms with van der Waals surface area (Å²) in [5.74, 6) is -0.00538. The van der Waals surface area contributed by atoms with E-state index < -0.39 is 0 Å². The molecule has 21 heavy (non-hydrogen) atoms. The monoisotopic (exact) mass is 320 g/mol. The highest BCUT2D eigenvalue weighted by atomic mass is 32.2. The molecule has 0 aliphatic carbocycles. The molecule has 0 unspecified atom stereocenters. The number of hydrogen-bond donors (Lipinski definition) is 0. The second-order valence-electron chi connectivity index (χ2n) is 6.17. The molecule has 1 aromatic carbocycles. The number of rotatable bonds is 2. The Morgan fingerprint density at radius 2 is 1.76 bits per heavy atom. The third-order valence-electron chi connectivity index (χ3n) is 3.17. The number of nitrogens with zero attached hydrogens (tertiary/aromatic N) is 2. The Labute approximate surface area is 136 Å². The maximum Gasteiger partial charge on any atom is 0.266 e. The van der Waals surface area contributed by atoms with E-state index in [0.717, 1.165) is 11.3 Å². The number of amides is 1. The van der Waals surface area contributed by atoms with Gasteiger partial charge in [-0.1, -0.05) is 36.1 Å². The van der Waals surface area contributed by atoms with Crippen molar-refractivity contribution in [3.05, 3.63) is 34.7 Å². The molecule has 0 N–H and O–H groups in total. The molecule has 1 aromatic rings. The molecule has 5 heteroatoms. The Kier molecular flexibility index (Phi) is 4.44. The minimum Gasteiger partial charge on any atom is -0.378 e. The fraction of sp³-hybridized carbons (Fsp3) is 0.375. The van der Waals surface area contributed by atoms with Crippen LogP contribution in [-0.2, 0) is 4.79 Å². The third kappa shape index (κ3) is 3.47. The predicted octanol–water partition coefficient (Wildman–Crippen LogP) is 3.75. The maximum atomic E-state index is 12.5. The molecule has 0 radical (unpaired) electrons. The Balaban J connectivity index is 2.26. The van der Waals surface area contributed by atoms with Crippen LogP contribution in [0.2, 0.25) is 0 Å². The summed E-state index contributed by atoms with van der Waals surface area (Å²) in [7, 11) is 4.01. The highest BCUT2D eigenvalue weighted by Crippen LogP contribution is 2.36. The van der Waals surface area contributed by atoms with Crippen molar-refractivity contribution in [1.82, 2.24) is 4.90 Å². The minimum absolute atomic E-state index is 0.00538. The van der Waals surface area contributed by atoms with Gasteiger partial charge in [-0.15, -0.1) is 0 Å². The second kappa shape index (κ2) is 5.81. The van der Waals surface area contributed by atoms with Crippen molar-refractivity contribution in [3.8, 4) is 0 Å². The largest absolute Gasteiger partial charge is 0.378 e. The standard InChI is InChI=1S/C16H20N2OS2/c1-16(2,3)18-14(19)13(21-15(18)20)10-11-6-8-12(9-7-11)17(4)5/h6-10H,1-5H3/b13-10-. The number of thioether (sulfide) groups is 1. The van der Waals surface area contributed by atoms with E-state index in [1.54, 1.807) is 4.90 Å². The summed E-state index contributed by atoms with van der Waals surface area (Å²) in [6.07, 6.45) is 1.91. The van der Waals surface area contributed by atoms with E-state index in [0.29, 0.717) is 9.23 Å². The molecular weight excluding hydrogens is 300 g/mol. The molecule has 0 bridgehead atoms. The SMILES string of the molecule is CN(C)c1ccc(/C=C2\SC(=S)N(C(C)(C)C)C2=O)cc1. The summed E-state index contributed by atoms with van der Waals surface area (Å²) >= 11 is 6.71. The van der Waals surface area contributed by atoms with E-state index in [1.165, 1.54) is 11.8 Å². The Morgan fingerprint density at radius 3 is 2.19 bits per heavy atom. The summed E-state index contributed by atoms with van der Waals surface area (Å²) in [6.45, 7) is 5.98. The molecule has 1 saturated heterocycles. The number of thiocarbonyl (C=S) groups is 1. The smallest absolute Gasteiger partial charge is 0.266 e. The van der Waals surface area contributed by atoms with Gasteiger partial charge in [-0.05, 0) is 44.5 Å². The van der Waals surface area contributed by atoms with E-state index in [2.05, 4.69) is 0 Å². The van der Waals surface area contributed by atoms with Gasteiger partial charge in [-0.25, -0.2) is 0 Å². The van der Waals surface area contributed by atoms with Crippen molar-refractivity contribution in [2.45, 2.75) is 26.3 Å². The molecule has 1 aliphatic rings. The van der Waals surface area contributed by atoms with Crippen LogP contribution in [0.15, 0.2) is 29.2 Å². The van der Waals surface area contributed by atoms with E-state index in [-0.39, 0.29) is 11.4 Å². The molecule has 0 saturated carbocycles. The van der Waals surface area contributed by atoms with Crippen LogP contribution in [0.3, 0.4) is 0 Å². The molecule has 0 spiro atoms. The summed E-state index contributed by atoms with van der Waals surface area (Å²) in [5.41, 5.74) is 1.86. The Hall–Kier alpha value is -1.33. The molecule has 1 amide bonds. The summed E-state index contributed by atoms with van der Waals surface area (Å²) in [5, 5.41) is 0. The van der Waals surface area contributed by atoms with Crippen molar-refractivity contribution in [3.63, 3.8) is 0 Å². The van der Waals surface area contributed by atoms with Gasteiger partial charge >= 0.3 is 0 Å². The number of carbonyl (C=O) groups is 1. The Bertz CT molecular complexity index is 598. The van der Waals surface area contributed by atoms with Crippen molar-refractivity contribution in [2.75, 3.05) is 19.0 Å². The van der Waals surface area contributed by atoms with Gasteiger partial charge < -0.3 is 4.90 Å². The molecule has 3 nitrogen and oxygen atoms in total. The molecule has 2 rings (SSSR count). The van der Waals surface area contributed by atoms with Crippen molar-refractivity contribution in [2.24, 2.45) is 0 Å². The zero-order valence-electron chi connectivity index (χ0n) is 13.0. The maximum absolute atomic E-state index is 12.5. The van der Waals surface area contributed by atoms with Gasteiger partial charge in [0.15, 0.2) is 0 Å². The van der Waals surface area contributed by atoms with Crippen LogP contribution >= 0.6 is 24.0 Å². The molecule has 0 atom stereocenters. The number of hydrogen-bond acceptors (Lipinski definition) is 4. The highest BCUT2D eigenvalue weighted by molar-refractivity contribution is 8.26. The lowest BCUT2D eigenvalue weighted by atomic mass is 10.1. The van der Waals surface area contributed by atoms with Crippen molar-refractivity contribution >= 4 is 46.0 Å². The first-order valence-corrected chi connectivity index (χ1v) is 7.98. The molecule has 1 aliphatic heterocycles. The molecule has 0 aromatic heterocycles. The van der Waals surface area contributed by atoms with Crippen molar-refractivity contribution in [1.29, 1.82) is 0 Å². The zero-order chi connectivity index (χ0) is 15.8. The van der Waals surface area contributed by atoms with Gasteiger partial charge in [0.25, 0.3) is 5.91 Å². The lowest BCUT2D eigenvalue weighted by molar-refractivity contribution is -0.125. The number of carbonyl (C=O) groups excluding carboxylic acids is 1. The third-order valence-corrected chi connectivity index (χ3v) is 4.47. The van der Waals surface area contributed by atoms with Gasteiger partial charge in [0.1, 0.15) is 4.32 Å². The van der Waals surface area contributed by atoms with Crippen LogP contribution in [0.1, 0.15) is 26.3 Å². The first kappa shape index (κ1) is 16.0. The van der Waals surface area contributed by atoms with Crippen LogP contribution < -0.4 is 4.90 Å². The number of benzene rings is 1. The quantitative estimate of drug-likeness (QED) is 0.611. The highest BCUT2D eigenvalue weighted by Gasteiger charge is 2.38. The van der Waals surface area contributed by atoms with Crippen LogP contribution in [0, 0.1) is 0 Å². The van der Waals surface area contributed by atoms with Gasteiger partial charge in [-0.2, -0.15) is 0 Å². The normalized spacial score (nSPS) is 17.8. The molecule has 1 fully saturated rings. The van der Waals surface area contributed by atoms with Gasteiger partial charge in [0.05, 0.1) is 4.91 Å². The second-order valence-corrected chi connectivity index (χ2v) is 7.85. The average molecular weight is 320 g/mol. The van der Waals surface area contributed by atoms with Gasteiger partial charge in [-0.3, -0.25) is 9.69 Å². The fourth-order valence-corrected chi connectivity index (χ4v) is 3.70. The van der Waals surface area contributed by atoms with Crippen LogP contribution in [-0.4, -0.2) is 34.8 Å². The molecular formula is C16H20N2OS2. The number of anilines is 1. The molecule has 1 heterocycles. The van der Waals surface area contributed by atoms with Gasteiger partial charge in [0, 0.05) is 25.3 Å². The lowest BCUT2D eigenvalue weighted by Gasteiger charge is -2.30. The molecule has 112 valence electrons. The predicted molar refractivity (Wildman–Crippen MR) is 95.5 cm³/mol. The zero-order valence-corrected chi connectivity index (χ0v) is 14.6. The van der Waals surface area contributed by atoms with Gasteiger partial charge in [0.2, 0.25) is 0 Å². The first-order valence-electron chi connectivity index (χ1n) is 6.75. The van der Waals surface area contributed by atoms with Crippen LogP contribution in [0.4, 0.5) is 5.69 Å². The van der Waals surface area contributed by atoms with E-state index in [1.807, 2.05) is 70.1 Å². The first-order chi connectivity index (χ1) is 9.70. The summed E-state index contributed by atoms with van der Waals surface area (Å²) in [6, 6.07) is 8.10.